The van der Waals surface area contributed by atoms with E-state index in [0.717, 1.165) is 56.4 Å². The third kappa shape index (κ3) is 8.93. The van der Waals surface area contributed by atoms with Gasteiger partial charge in [-0.15, -0.1) is 0 Å². The maximum atomic E-state index is 13.5. The molecule has 5 rings (SSSR count). The van der Waals surface area contributed by atoms with E-state index in [9.17, 15) is 13.2 Å². The molecular weight excluding hydrogens is 586 g/mol. The summed E-state index contributed by atoms with van der Waals surface area (Å²) >= 11 is 6.02. The number of pyridine rings is 1. The van der Waals surface area contributed by atoms with E-state index in [1.54, 1.807) is 48.5 Å². The van der Waals surface area contributed by atoms with E-state index < -0.39 is 10.0 Å². The Labute approximate surface area is 257 Å². The van der Waals surface area contributed by atoms with Gasteiger partial charge in [-0.05, 0) is 92.0 Å². The minimum absolute atomic E-state index is 0.0487. The fourth-order valence-electron chi connectivity index (χ4n) is 5.10. The van der Waals surface area contributed by atoms with Crippen molar-refractivity contribution >= 4 is 44.7 Å². The van der Waals surface area contributed by atoms with Crippen molar-refractivity contribution in [1.82, 2.24) is 9.88 Å². The first-order valence-corrected chi connectivity index (χ1v) is 16.3. The Balaban J connectivity index is 1.19. The number of carbonyl (C=O) groups is 1. The number of para-hydroxylation sites is 1. The van der Waals surface area contributed by atoms with Gasteiger partial charge in [-0.25, -0.2) is 18.2 Å². The van der Waals surface area contributed by atoms with Crippen LogP contribution in [0.2, 0.25) is 5.02 Å². The SMILES string of the molecule is CS(=O)(=O)Nc1ccc(Oc2ccc(CN3CCC[C@H](N(C(=O)Nc4ccc(Cl)cc4)c4ccccc4)CC3)cn2)cc1. The van der Waals surface area contributed by atoms with Crippen LogP contribution in [-0.2, 0) is 16.6 Å². The van der Waals surface area contributed by atoms with Gasteiger partial charge in [-0.3, -0.25) is 14.5 Å². The van der Waals surface area contributed by atoms with Gasteiger partial charge in [0.25, 0.3) is 0 Å². The summed E-state index contributed by atoms with van der Waals surface area (Å²) in [6.45, 7) is 2.51. The summed E-state index contributed by atoms with van der Waals surface area (Å²) in [6.07, 6.45) is 5.61. The van der Waals surface area contributed by atoms with Crippen molar-refractivity contribution in [3.8, 4) is 11.6 Å². The summed E-state index contributed by atoms with van der Waals surface area (Å²) in [5.41, 5.74) is 3.10. The molecule has 1 aliphatic rings. The highest BCUT2D eigenvalue weighted by Gasteiger charge is 2.28. The smallest absolute Gasteiger partial charge is 0.326 e. The van der Waals surface area contributed by atoms with Crippen LogP contribution >= 0.6 is 11.6 Å². The van der Waals surface area contributed by atoms with E-state index >= 15 is 0 Å². The van der Waals surface area contributed by atoms with Crippen molar-refractivity contribution in [1.29, 1.82) is 0 Å². The van der Waals surface area contributed by atoms with Crippen molar-refractivity contribution < 1.29 is 17.9 Å². The second-order valence-electron chi connectivity index (χ2n) is 10.5. The predicted molar refractivity (Wildman–Crippen MR) is 172 cm³/mol. The number of carbonyl (C=O) groups excluding carboxylic acids is 1. The summed E-state index contributed by atoms with van der Waals surface area (Å²) in [7, 11) is -3.34. The fraction of sp³-hybridized carbons (Fsp3) is 0.250. The molecule has 2 amide bonds. The summed E-state index contributed by atoms with van der Waals surface area (Å²) in [4.78, 5) is 22.3. The van der Waals surface area contributed by atoms with Gasteiger partial charge >= 0.3 is 6.03 Å². The average molecular weight is 620 g/mol. The molecule has 0 bridgehead atoms. The van der Waals surface area contributed by atoms with Crippen molar-refractivity contribution in [2.75, 3.05) is 34.3 Å². The number of urea groups is 1. The zero-order chi connectivity index (χ0) is 30.2. The van der Waals surface area contributed by atoms with E-state index in [2.05, 4.69) is 19.9 Å². The van der Waals surface area contributed by atoms with Gasteiger partial charge in [0.1, 0.15) is 5.75 Å². The molecule has 0 spiro atoms. The molecular formula is C32H34ClN5O4S. The van der Waals surface area contributed by atoms with Gasteiger partial charge in [0.2, 0.25) is 15.9 Å². The second-order valence-corrected chi connectivity index (χ2v) is 12.7. The molecule has 1 fully saturated rings. The average Bonchev–Trinajstić information content (AvgIpc) is 3.21. The summed E-state index contributed by atoms with van der Waals surface area (Å²) in [5, 5.41) is 3.66. The Bertz CT molecular complexity index is 1600. The number of amides is 2. The third-order valence-electron chi connectivity index (χ3n) is 7.09. The van der Waals surface area contributed by atoms with Gasteiger partial charge in [-0.2, -0.15) is 0 Å². The molecule has 2 N–H and O–H groups in total. The number of hydrogen-bond acceptors (Lipinski definition) is 6. The van der Waals surface area contributed by atoms with Crippen molar-refractivity contribution in [2.45, 2.75) is 31.8 Å². The highest BCUT2D eigenvalue weighted by atomic mass is 35.5. The molecule has 1 atom stereocenters. The van der Waals surface area contributed by atoms with Crippen molar-refractivity contribution in [3.05, 3.63) is 108 Å². The summed E-state index contributed by atoms with van der Waals surface area (Å²) in [6, 6.07) is 27.3. The monoisotopic (exact) mass is 619 g/mol. The van der Waals surface area contributed by atoms with Gasteiger partial charge < -0.3 is 10.1 Å². The van der Waals surface area contributed by atoms with E-state index in [1.807, 2.05) is 53.6 Å². The zero-order valence-electron chi connectivity index (χ0n) is 23.8. The molecule has 1 aliphatic heterocycles. The number of aromatic nitrogens is 1. The standard InChI is InChI=1S/C32H34ClN5O4S/c1-43(40,41)36-27-14-16-30(17-15-27)42-31-18-9-24(22-34-31)23-37-20-5-8-29(19-21-37)38(28-6-3-2-4-7-28)32(39)35-26-12-10-25(33)11-13-26/h2-4,6-7,9-18,22,29,36H,5,8,19-21,23H2,1H3,(H,35,39)/t29-/m0/s1. The first-order chi connectivity index (χ1) is 20.7. The number of nitrogens with one attached hydrogen (secondary N) is 2. The second kappa shape index (κ2) is 13.9. The van der Waals surface area contributed by atoms with Crippen LogP contribution in [0.25, 0.3) is 0 Å². The van der Waals surface area contributed by atoms with Crippen LogP contribution in [0.3, 0.4) is 0 Å². The lowest BCUT2D eigenvalue weighted by molar-refractivity contribution is 0.252. The number of nitrogens with zero attached hydrogens (tertiary/aromatic N) is 3. The first-order valence-electron chi connectivity index (χ1n) is 14.1. The van der Waals surface area contributed by atoms with Crippen LogP contribution < -0.4 is 19.7 Å². The van der Waals surface area contributed by atoms with Crippen LogP contribution in [-0.4, -0.2) is 49.7 Å². The van der Waals surface area contributed by atoms with Crippen LogP contribution in [0.5, 0.6) is 11.6 Å². The minimum Gasteiger partial charge on any atom is -0.439 e. The molecule has 9 nitrogen and oxygen atoms in total. The Hall–Kier alpha value is -4.12. The molecule has 0 saturated carbocycles. The fourth-order valence-corrected chi connectivity index (χ4v) is 5.79. The summed E-state index contributed by atoms with van der Waals surface area (Å²) < 4.78 is 31.0. The number of rotatable bonds is 9. The third-order valence-corrected chi connectivity index (χ3v) is 7.95. The lowest BCUT2D eigenvalue weighted by atomic mass is 10.1. The number of benzene rings is 3. The summed E-state index contributed by atoms with van der Waals surface area (Å²) in [5.74, 6) is 1.01. The maximum absolute atomic E-state index is 13.5. The molecule has 0 radical (unpaired) electrons. The number of likely N-dealkylation sites (tertiary alicyclic amines) is 1. The minimum atomic E-state index is -3.34. The number of ether oxygens (including phenoxy) is 1. The molecule has 0 aliphatic carbocycles. The molecule has 224 valence electrons. The van der Waals surface area contributed by atoms with E-state index in [0.29, 0.717) is 28.0 Å². The molecule has 43 heavy (non-hydrogen) atoms. The number of hydrogen-bond donors (Lipinski definition) is 2. The van der Waals surface area contributed by atoms with Crippen LogP contribution in [0.4, 0.5) is 21.9 Å². The van der Waals surface area contributed by atoms with Crippen LogP contribution in [0, 0.1) is 0 Å². The lowest BCUT2D eigenvalue weighted by Gasteiger charge is -2.31. The predicted octanol–water partition coefficient (Wildman–Crippen LogP) is 6.99. The largest absolute Gasteiger partial charge is 0.439 e. The highest BCUT2D eigenvalue weighted by Crippen LogP contribution is 2.27. The van der Waals surface area contributed by atoms with Crippen molar-refractivity contribution in [3.63, 3.8) is 0 Å². The molecule has 11 heteroatoms. The van der Waals surface area contributed by atoms with Crippen LogP contribution in [0.15, 0.2) is 97.2 Å². The maximum Gasteiger partial charge on any atom is 0.326 e. The number of sulfonamides is 1. The van der Waals surface area contributed by atoms with E-state index in [1.165, 1.54) is 0 Å². The van der Waals surface area contributed by atoms with Gasteiger partial charge in [0.05, 0.1) is 6.26 Å². The van der Waals surface area contributed by atoms with E-state index in [4.69, 9.17) is 16.3 Å². The Morgan fingerprint density at radius 3 is 2.35 bits per heavy atom. The van der Waals surface area contributed by atoms with Gasteiger partial charge in [0, 0.05) is 53.5 Å². The lowest BCUT2D eigenvalue weighted by Crippen LogP contribution is -2.43. The molecule has 3 aromatic carbocycles. The molecule has 2 heterocycles. The van der Waals surface area contributed by atoms with Crippen molar-refractivity contribution in [2.24, 2.45) is 0 Å². The number of halogens is 1. The first kappa shape index (κ1) is 30.3. The van der Waals surface area contributed by atoms with E-state index in [-0.39, 0.29) is 12.1 Å². The number of anilines is 3. The van der Waals surface area contributed by atoms with Gasteiger partial charge in [-0.1, -0.05) is 35.9 Å². The normalized spacial score (nSPS) is 15.7. The highest BCUT2D eigenvalue weighted by molar-refractivity contribution is 7.92. The molecule has 4 aromatic rings. The molecule has 1 aromatic heterocycles. The Kier molecular flexibility index (Phi) is 9.81. The van der Waals surface area contributed by atoms with Crippen LogP contribution in [0.1, 0.15) is 24.8 Å². The van der Waals surface area contributed by atoms with Gasteiger partial charge in [0.15, 0.2) is 0 Å². The Morgan fingerprint density at radius 1 is 0.953 bits per heavy atom. The zero-order valence-corrected chi connectivity index (χ0v) is 25.4. The molecule has 1 saturated heterocycles. The topological polar surface area (TPSA) is 104 Å². The Morgan fingerprint density at radius 2 is 1.67 bits per heavy atom. The molecule has 0 unspecified atom stereocenters. The quantitative estimate of drug-likeness (QED) is 0.209.